The third-order valence-electron chi connectivity index (χ3n) is 3.15. The van der Waals surface area contributed by atoms with E-state index in [1.54, 1.807) is 12.4 Å². The molecule has 1 saturated heterocycles. The first-order chi connectivity index (χ1) is 8.83. The Kier molecular flexibility index (Phi) is 2.92. The minimum absolute atomic E-state index is 0.281. The monoisotopic (exact) mass is 245 g/mol. The number of nitrogens with zero attached hydrogens (tertiary/aromatic N) is 5. The van der Waals surface area contributed by atoms with Crippen molar-refractivity contribution in [1.29, 1.82) is 0 Å². The Morgan fingerprint density at radius 1 is 1.33 bits per heavy atom. The van der Waals surface area contributed by atoms with Crippen LogP contribution in [0.3, 0.4) is 0 Å². The van der Waals surface area contributed by atoms with Gasteiger partial charge >= 0.3 is 0 Å². The first kappa shape index (κ1) is 11.1. The lowest BCUT2D eigenvalue weighted by atomic mass is 9.98. The van der Waals surface area contributed by atoms with Crippen LogP contribution in [0.1, 0.15) is 30.5 Å². The quantitative estimate of drug-likeness (QED) is 0.799. The zero-order chi connectivity index (χ0) is 12.4. The summed E-state index contributed by atoms with van der Waals surface area (Å²) >= 11 is 0. The third kappa shape index (κ3) is 2.18. The molecule has 1 atom stereocenters. The summed E-state index contributed by atoms with van der Waals surface area (Å²) in [5, 5.41) is 3.85. The van der Waals surface area contributed by atoms with Gasteiger partial charge in [-0.25, -0.2) is 9.97 Å². The standard InChI is InChI=1S/C12H15N5O/c1-9-15-11(18-16-9)10-4-2-7-17(8-10)12-13-5-3-6-14-12/h3,5-6,10H,2,4,7-8H2,1H3/t10-/m0/s1. The molecule has 0 N–H and O–H groups in total. The van der Waals surface area contributed by atoms with Crippen LogP contribution in [-0.4, -0.2) is 33.2 Å². The Bertz CT molecular complexity index is 512. The molecule has 2 aromatic heterocycles. The maximum absolute atomic E-state index is 5.26. The van der Waals surface area contributed by atoms with E-state index in [4.69, 9.17) is 4.52 Å². The average molecular weight is 245 g/mol. The van der Waals surface area contributed by atoms with Gasteiger partial charge in [0.25, 0.3) is 0 Å². The van der Waals surface area contributed by atoms with Crippen LogP contribution >= 0.6 is 0 Å². The van der Waals surface area contributed by atoms with Crippen molar-refractivity contribution >= 4 is 5.95 Å². The lowest BCUT2D eigenvalue weighted by molar-refractivity contribution is 0.330. The first-order valence-corrected chi connectivity index (χ1v) is 6.15. The van der Waals surface area contributed by atoms with E-state index in [1.165, 1.54) is 0 Å². The van der Waals surface area contributed by atoms with Gasteiger partial charge in [0.05, 0.1) is 5.92 Å². The number of piperidine rings is 1. The summed E-state index contributed by atoms with van der Waals surface area (Å²) in [6, 6.07) is 1.83. The van der Waals surface area contributed by atoms with Gasteiger partial charge in [-0.1, -0.05) is 5.16 Å². The molecule has 94 valence electrons. The molecule has 0 aromatic carbocycles. The smallest absolute Gasteiger partial charge is 0.231 e. The molecule has 0 bridgehead atoms. The molecule has 1 aliphatic heterocycles. The number of hydrogen-bond acceptors (Lipinski definition) is 6. The topological polar surface area (TPSA) is 67.9 Å². The van der Waals surface area contributed by atoms with Gasteiger partial charge in [-0.05, 0) is 25.8 Å². The predicted molar refractivity (Wildman–Crippen MR) is 65.3 cm³/mol. The molecule has 0 radical (unpaired) electrons. The minimum atomic E-state index is 0.281. The van der Waals surface area contributed by atoms with Crippen LogP contribution in [0.25, 0.3) is 0 Å². The van der Waals surface area contributed by atoms with Crippen molar-refractivity contribution in [2.45, 2.75) is 25.7 Å². The molecule has 0 spiro atoms. The third-order valence-corrected chi connectivity index (χ3v) is 3.15. The van der Waals surface area contributed by atoms with Crippen molar-refractivity contribution in [1.82, 2.24) is 20.1 Å². The second-order valence-electron chi connectivity index (χ2n) is 4.51. The van der Waals surface area contributed by atoms with Gasteiger partial charge in [0, 0.05) is 25.5 Å². The van der Waals surface area contributed by atoms with Crippen molar-refractivity contribution in [3.63, 3.8) is 0 Å². The Morgan fingerprint density at radius 2 is 2.17 bits per heavy atom. The summed E-state index contributed by atoms with van der Waals surface area (Å²) in [5.74, 6) is 2.48. The second-order valence-corrected chi connectivity index (χ2v) is 4.51. The molecular formula is C12H15N5O. The van der Waals surface area contributed by atoms with Crippen molar-refractivity contribution in [3.8, 4) is 0 Å². The fraction of sp³-hybridized carbons (Fsp3) is 0.500. The van der Waals surface area contributed by atoms with Gasteiger partial charge in [-0.3, -0.25) is 0 Å². The molecule has 0 saturated carbocycles. The predicted octanol–water partition coefficient (Wildman–Crippen LogP) is 1.55. The number of aromatic nitrogens is 4. The number of hydrogen-bond donors (Lipinski definition) is 0. The molecular weight excluding hydrogens is 230 g/mol. The normalized spacial score (nSPS) is 20.1. The van der Waals surface area contributed by atoms with Crippen LogP contribution in [0.5, 0.6) is 0 Å². The zero-order valence-corrected chi connectivity index (χ0v) is 10.3. The number of anilines is 1. The summed E-state index contributed by atoms with van der Waals surface area (Å²) in [5.41, 5.74) is 0. The highest BCUT2D eigenvalue weighted by Crippen LogP contribution is 2.27. The van der Waals surface area contributed by atoms with Gasteiger partial charge < -0.3 is 9.42 Å². The van der Waals surface area contributed by atoms with E-state index in [2.05, 4.69) is 25.0 Å². The van der Waals surface area contributed by atoms with Crippen LogP contribution in [0.2, 0.25) is 0 Å². The lowest BCUT2D eigenvalue weighted by Gasteiger charge is -2.30. The molecule has 18 heavy (non-hydrogen) atoms. The summed E-state index contributed by atoms with van der Waals surface area (Å²) in [6.45, 7) is 3.66. The van der Waals surface area contributed by atoms with E-state index < -0.39 is 0 Å². The van der Waals surface area contributed by atoms with E-state index in [0.29, 0.717) is 5.82 Å². The van der Waals surface area contributed by atoms with Crippen LogP contribution in [-0.2, 0) is 0 Å². The Balaban J connectivity index is 1.76. The largest absolute Gasteiger partial charge is 0.340 e. The molecule has 6 nitrogen and oxygen atoms in total. The molecule has 3 heterocycles. The highest BCUT2D eigenvalue weighted by molar-refractivity contribution is 5.30. The van der Waals surface area contributed by atoms with Gasteiger partial charge in [-0.2, -0.15) is 4.98 Å². The highest BCUT2D eigenvalue weighted by atomic mass is 16.5. The molecule has 0 amide bonds. The van der Waals surface area contributed by atoms with Crippen LogP contribution in [0.15, 0.2) is 23.0 Å². The summed E-state index contributed by atoms with van der Waals surface area (Å²) in [7, 11) is 0. The molecule has 1 aliphatic rings. The second kappa shape index (κ2) is 4.72. The molecule has 0 unspecified atom stereocenters. The first-order valence-electron chi connectivity index (χ1n) is 6.15. The maximum Gasteiger partial charge on any atom is 0.231 e. The molecule has 3 rings (SSSR count). The van der Waals surface area contributed by atoms with Crippen molar-refractivity contribution in [3.05, 3.63) is 30.2 Å². The Morgan fingerprint density at radius 3 is 2.89 bits per heavy atom. The molecule has 1 fully saturated rings. The van der Waals surface area contributed by atoms with Crippen molar-refractivity contribution in [2.24, 2.45) is 0 Å². The van der Waals surface area contributed by atoms with E-state index in [-0.39, 0.29) is 5.92 Å². The fourth-order valence-electron chi connectivity index (χ4n) is 2.29. The SMILES string of the molecule is Cc1noc([C@H]2CCCN(c3ncccn3)C2)n1. The Labute approximate surface area is 105 Å². The summed E-state index contributed by atoms with van der Waals surface area (Å²) in [6.07, 6.45) is 5.70. The van der Waals surface area contributed by atoms with Crippen LogP contribution in [0, 0.1) is 6.92 Å². The van der Waals surface area contributed by atoms with Crippen LogP contribution < -0.4 is 4.90 Å². The molecule has 6 heteroatoms. The van der Waals surface area contributed by atoms with Crippen molar-refractivity contribution in [2.75, 3.05) is 18.0 Å². The fourth-order valence-corrected chi connectivity index (χ4v) is 2.29. The molecule has 0 aliphatic carbocycles. The van der Waals surface area contributed by atoms with Crippen molar-refractivity contribution < 1.29 is 4.52 Å². The minimum Gasteiger partial charge on any atom is -0.340 e. The van der Waals surface area contributed by atoms with Crippen LogP contribution in [0.4, 0.5) is 5.95 Å². The maximum atomic E-state index is 5.26. The highest BCUT2D eigenvalue weighted by Gasteiger charge is 2.26. The zero-order valence-electron chi connectivity index (χ0n) is 10.3. The average Bonchev–Trinajstić information content (AvgIpc) is 2.87. The van der Waals surface area contributed by atoms with Gasteiger partial charge in [0.1, 0.15) is 0 Å². The van der Waals surface area contributed by atoms with E-state index in [9.17, 15) is 0 Å². The van der Waals surface area contributed by atoms with E-state index >= 15 is 0 Å². The Hall–Kier alpha value is -1.98. The van der Waals surface area contributed by atoms with Gasteiger partial charge in [0.15, 0.2) is 5.82 Å². The van der Waals surface area contributed by atoms with Gasteiger partial charge in [-0.15, -0.1) is 0 Å². The molecule has 2 aromatic rings. The van der Waals surface area contributed by atoms with E-state index in [1.807, 2.05) is 13.0 Å². The lowest BCUT2D eigenvalue weighted by Crippen LogP contribution is -2.35. The summed E-state index contributed by atoms with van der Waals surface area (Å²) in [4.78, 5) is 15.1. The summed E-state index contributed by atoms with van der Waals surface area (Å²) < 4.78 is 5.26. The van der Waals surface area contributed by atoms with Gasteiger partial charge in [0.2, 0.25) is 11.8 Å². The van der Waals surface area contributed by atoms with E-state index in [0.717, 1.165) is 37.8 Å². The number of aryl methyl sites for hydroxylation is 1. The number of rotatable bonds is 2.